The highest BCUT2D eigenvalue weighted by Crippen LogP contribution is 2.16. The summed E-state index contributed by atoms with van der Waals surface area (Å²) in [5.74, 6) is 0.101. The van der Waals surface area contributed by atoms with Gasteiger partial charge in [-0.2, -0.15) is 0 Å². The monoisotopic (exact) mass is 220 g/mol. The van der Waals surface area contributed by atoms with Crippen LogP contribution in [0.15, 0.2) is 30.3 Å². The van der Waals surface area contributed by atoms with Gasteiger partial charge in [0.15, 0.2) is 0 Å². The van der Waals surface area contributed by atoms with Gasteiger partial charge >= 0.3 is 0 Å². The van der Waals surface area contributed by atoms with E-state index in [1.165, 1.54) is 0 Å². The van der Waals surface area contributed by atoms with Crippen LogP contribution in [0.1, 0.15) is 18.4 Å². The molecular weight excluding hydrogens is 200 g/mol. The Morgan fingerprint density at radius 1 is 1.38 bits per heavy atom. The fourth-order valence-electron chi connectivity index (χ4n) is 1.60. The van der Waals surface area contributed by atoms with Crippen molar-refractivity contribution in [2.75, 3.05) is 27.2 Å². The van der Waals surface area contributed by atoms with Crippen LogP contribution in [0.4, 0.5) is 0 Å². The maximum atomic E-state index is 12.0. The van der Waals surface area contributed by atoms with Crippen molar-refractivity contribution in [2.45, 2.75) is 12.8 Å². The Morgan fingerprint density at radius 3 is 2.56 bits per heavy atom. The number of nitrogens with one attached hydrogen (secondary N) is 1. The van der Waals surface area contributed by atoms with Crippen molar-refractivity contribution < 1.29 is 4.79 Å². The zero-order valence-electron chi connectivity index (χ0n) is 10.2. The maximum Gasteiger partial charge on any atom is 0.229 e. The average molecular weight is 220 g/mol. The largest absolute Gasteiger partial charge is 0.344 e. The number of nitrogens with zero attached hydrogens (tertiary/aromatic N) is 1. The van der Waals surface area contributed by atoms with Gasteiger partial charge in [0.05, 0.1) is 5.92 Å². The zero-order chi connectivity index (χ0) is 12.0. The van der Waals surface area contributed by atoms with Crippen LogP contribution in [0, 0.1) is 0 Å². The molecule has 16 heavy (non-hydrogen) atoms. The van der Waals surface area contributed by atoms with E-state index >= 15 is 0 Å². The summed E-state index contributed by atoms with van der Waals surface area (Å²) in [6.07, 6.45) is 0. The van der Waals surface area contributed by atoms with Crippen LogP contribution >= 0.6 is 0 Å². The molecule has 0 fully saturated rings. The minimum Gasteiger partial charge on any atom is -0.344 e. The topological polar surface area (TPSA) is 32.3 Å². The summed E-state index contributed by atoms with van der Waals surface area (Å²) < 4.78 is 0. The lowest BCUT2D eigenvalue weighted by atomic mass is 10.00. The lowest BCUT2D eigenvalue weighted by molar-refractivity contribution is -0.131. The molecule has 1 aromatic carbocycles. The van der Waals surface area contributed by atoms with Crippen LogP contribution < -0.4 is 5.32 Å². The molecule has 0 saturated heterocycles. The second-order valence-corrected chi connectivity index (χ2v) is 4.00. The molecule has 1 N–H and O–H groups in total. The van der Waals surface area contributed by atoms with E-state index in [9.17, 15) is 4.79 Å². The fraction of sp³-hybridized carbons (Fsp3) is 0.462. The molecule has 88 valence electrons. The molecule has 0 bridgehead atoms. The Labute approximate surface area is 97.5 Å². The quantitative estimate of drug-likeness (QED) is 0.815. The number of carbonyl (C=O) groups excluding carboxylic acids is 1. The summed E-state index contributed by atoms with van der Waals surface area (Å²) in [6.45, 7) is 3.52. The molecule has 3 heteroatoms. The minimum absolute atomic E-state index is 0.0666. The van der Waals surface area contributed by atoms with Crippen molar-refractivity contribution in [3.8, 4) is 0 Å². The van der Waals surface area contributed by atoms with Crippen LogP contribution in [0.5, 0.6) is 0 Å². The molecule has 0 aliphatic rings. The lowest BCUT2D eigenvalue weighted by Gasteiger charge is -2.21. The summed E-state index contributed by atoms with van der Waals surface area (Å²) in [5.41, 5.74) is 1.07. The van der Waals surface area contributed by atoms with Gasteiger partial charge in [0.2, 0.25) is 5.91 Å². The van der Waals surface area contributed by atoms with E-state index in [0.29, 0.717) is 0 Å². The second-order valence-electron chi connectivity index (χ2n) is 4.00. The standard InChI is InChI=1S/C13H20N2O/c1-11(12-7-5-4-6-8-12)13(16)15(3)10-9-14-2/h4-8,11,14H,9-10H2,1-3H3. The van der Waals surface area contributed by atoms with E-state index in [1.54, 1.807) is 4.90 Å². The first-order valence-corrected chi connectivity index (χ1v) is 5.61. The van der Waals surface area contributed by atoms with Crippen molar-refractivity contribution in [3.63, 3.8) is 0 Å². The van der Waals surface area contributed by atoms with Gasteiger partial charge in [-0.3, -0.25) is 4.79 Å². The zero-order valence-corrected chi connectivity index (χ0v) is 10.2. The highest BCUT2D eigenvalue weighted by atomic mass is 16.2. The van der Waals surface area contributed by atoms with Crippen molar-refractivity contribution in [3.05, 3.63) is 35.9 Å². The third-order valence-electron chi connectivity index (χ3n) is 2.74. The number of carbonyl (C=O) groups is 1. The van der Waals surface area contributed by atoms with Crippen LogP contribution in [-0.2, 0) is 4.79 Å². The van der Waals surface area contributed by atoms with Crippen LogP contribution in [0.25, 0.3) is 0 Å². The summed E-state index contributed by atoms with van der Waals surface area (Å²) in [7, 11) is 3.73. The van der Waals surface area contributed by atoms with Gasteiger partial charge in [0, 0.05) is 20.1 Å². The van der Waals surface area contributed by atoms with Gasteiger partial charge in [0.1, 0.15) is 0 Å². The van der Waals surface area contributed by atoms with Crippen LogP contribution in [0.3, 0.4) is 0 Å². The van der Waals surface area contributed by atoms with E-state index in [4.69, 9.17) is 0 Å². The average Bonchev–Trinajstić information content (AvgIpc) is 2.35. The summed E-state index contributed by atoms with van der Waals surface area (Å²) in [4.78, 5) is 13.8. The normalized spacial score (nSPS) is 12.2. The van der Waals surface area contributed by atoms with Gasteiger partial charge in [-0.05, 0) is 19.5 Å². The molecule has 1 amide bonds. The summed E-state index contributed by atoms with van der Waals surface area (Å²) in [6, 6.07) is 9.88. The van der Waals surface area contributed by atoms with Gasteiger partial charge in [-0.25, -0.2) is 0 Å². The lowest BCUT2D eigenvalue weighted by Crippen LogP contribution is -2.35. The Morgan fingerprint density at radius 2 is 2.00 bits per heavy atom. The second kappa shape index (κ2) is 6.28. The van der Waals surface area contributed by atoms with Gasteiger partial charge in [-0.1, -0.05) is 30.3 Å². The van der Waals surface area contributed by atoms with Crippen molar-refractivity contribution in [1.29, 1.82) is 0 Å². The first-order chi connectivity index (χ1) is 7.66. The van der Waals surface area contributed by atoms with Gasteiger partial charge in [-0.15, -0.1) is 0 Å². The number of likely N-dealkylation sites (N-methyl/N-ethyl adjacent to an activating group) is 2. The van der Waals surface area contributed by atoms with Crippen LogP contribution in [0.2, 0.25) is 0 Å². The molecule has 0 aromatic heterocycles. The summed E-state index contributed by atoms with van der Waals surface area (Å²) in [5, 5.41) is 3.04. The van der Waals surface area contributed by atoms with Crippen molar-refractivity contribution in [1.82, 2.24) is 10.2 Å². The first kappa shape index (κ1) is 12.7. The third-order valence-corrected chi connectivity index (χ3v) is 2.74. The minimum atomic E-state index is -0.0666. The van der Waals surface area contributed by atoms with Crippen LogP contribution in [-0.4, -0.2) is 38.0 Å². The SMILES string of the molecule is CNCCN(C)C(=O)C(C)c1ccccc1. The fourth-order valence-corrected chi connectivity index (χ4v) is 1.60. The molecular formula is C13H20N2O. The van der Waals surface area contributed by atoms with E-state index in [-0.39, 0.29) is 11.8 Å². The van der Waals surface area contributed by atoms with E-state index in [1.807, 2.05) is 51.4 Å². The van der Waals surface area contributed by atoms with Gasteiger partial charge in [0.25, 0.3) is 0 Å². The number of benzene rings is 1. The molecule has 1 unspecified atom stereocenters. The first-order valence-electron chi connectivity index (χ1n) is 5.61. The molecule has 3 nitrogen and oxygen atoms in total. The predicted molar refractivity (Wildman–Crippen MR) is 66.4 cm³/mol. The summed E-state index contributed by atoms with van der Waals surface area (Å²) >= 11 is 0. The molecule has 0 saturated carbocycles. The molecule has 0 aliphatic heterocycles. The molecule has 1 rings (SSSR count). The highest BCUT2D eigenvalue weighted by Gasteiger charge is 2.18. The maximum absolute atomic E-state index is 12.0. The Hall–Kier alpha value is -1.35. The number of hydrogen-bond acceptors (Lipinski definition) is 2. The smallest absolute Gasteiger partial charge is 0.229 e. The van der Waals surface area contributed by atoms with Gasteiger partial charge < -0.3 is 10.2 Å². The van der Waals surface area contributed by atoms with E-state index in [2.05, 4.69) is 5.32 Å². The Kier molecular flexibility index (Phi) is 4.99. The molecule has 0 spiro atoms. The molecule has 1 atom stereocenters. The third kappa shape index (κ3) is 3.35. The molecule has 0 heterocycles. The van der Waals surface area contributed by atoms with Crippen molar-refractivity contribution >= 4 is 5.91 Å². The molecule has 1 aromatic rings. The Balaban J connectivity index is 2.60. The predicted octanol–water partition coefficient (Wildman–Crippen LogP) is 1.47. The molecule has 0 aliphatic carbocycles. The van der Waals surface area contributed by atoms with E-state index in [0.717, 1.165) is 18.7 Å². The number of hydrogen-bond donors (Lipinski definition) is 1. The Bertz CT molecular complexity index is 324. The molecule has 0 radical (unpaired) electrons. The number of amides is 1. The van der Waals surface area contributed by atoms with E-state index < -0.39 is 0 Å². The van der Waals surface area contributed by atoms with Crippen molar-refractivity contribution in [2.24, 2.45) is 0 Å². The highest BCUT2D eigenvalue weighted by molar-refractivity contribution is 5.83. The number of rotatable bonds is 5.